The van der Waals surface area contributed by atoms with Gasteiger partial charge in [-0.2, -0.15) is 0 Å². The third kappa shape index (κ3) is 5.71. The number of thioether (sulfide) groups is 1. The Hall–Kier alpha value is -1.24. The van der Waals surface area contributed by atoms with Crippen molar-refractivity contribution in [2.75, 3.05) is 12.4 Å². The smallest absolute Gasteiger partial charge is 0.323 e. The van der Waals surface area contributed by atoms with Gasteiger partial charge in [0.25, 0.3) is 0 Å². The monoisotopic (exact) mass is 344 g/mol. The van der Waals surface area contributed by atoms with E-state index in [1.165, 1.54) is 0 Å². The Bertz CT molecular complexity index is 430. The molecule has 1 heterocycles. The third-order valence-electron chi connectivity index (χ3n) is 4.04. The molecule has 7 heteroatoms. The molecule has 0 aliphatic carbocycles. The highest BCUT2D eigenvalue weighted by Gasteiger charge is 2.55. The van der Waals surface area contributed by atoms with E-state index in [4.69, 9.17) is 20.6 Å². The summed E-state index contributed by atoms with van der Waals surface area (Å²) in [5.74, 6) is -0.561. The number of amidine groups is 1. The van der Waals surface area contributed by atoms with Crippen LogP contribution in [-0.4, -0.2) is 35.6 Å². The van der Waals surface area contributed by atoms with E-state index in [0.29, 0.717) is 18.6 Å². The number of esters is 2. The van der Waals surface area contributed by atoms with Crippen LogP contribution in [0.1, 0.15) is 58.8 Å². The van der Waals surface area contributed by atoms with Gasteiger partial charge in [-0.3, -0.25) is 15.0 Å². The lowest BCUT2D eigenvalue weighted by Gasteiger charge is -2.22. The molecule has 0 amide bonds. The Balaban J connectivity index is 2.69. The molecule has 0 aromatic heterocycles. The molecule has 0 saturated carbocycles. The zero-order valence-electron chi connectivity index (χ0n) is 14.1. The lowest BCUT2D eigenvalue weighted by atomic mass is 9.79. The first kappa shape index (κ1) is 19.8. The van der Waals surface area contributed by atoms with Gasteiger partial charge < -0.3 is 15.2 Å². The molecule has 0 radical (unpaired) electrons. The van der Waals surface area contributed by atoms with E-state index in [9.17, 15) is 9.59 Å². The van der Waals surface area contributed by atoms with E-state index in [1.54, 1.807) is 6.92 Å². The Morgan fingerprint density at radius 1 is 1.39 bits per heavy atom. The minimum absolute atomic E-state index is 0.0192. The number of nitrogens with one attached hydrogen (secondary N) is 1. The van der Waals surface area contributed by atoms with Gasteiger partial charge in [-0.05, 0) is 13.3 Å². The average molecular weight is 344 g/mol. The van der Waals surface area contributed by atoms with Crippen molar-refractivity contribution in [3.05, 3.63) is 0 Å². The summed E-state index contributed by atoms with van der Waals surface area (Å²) < 4.78 is 10.5. The first-order chi connectivity index (χ1) is 11.0. The van der Waals surface area contributed by atoms with Gasteiger partial charge >= 0.3 is 11.9 Å². The molecular weight excluding hydrogens is 316 g/mol. The molecule has 23 heavy (non-hydrogen) atoms. The van der Waals surface area contributed by atoms with Crippen LogP contribution in [0.5, 0.6) is 0 Å². The molecule has 0 bridgehead atoms. The minimum Gasteiger partial charge on any atom is -0.465 e. The molecule has 132 valence electrons. The van der Waals surface area contributed by atoms with Gasteiger partial charge in [-0.1, -0.05) is 50.8 Å². The number of nitrogens with two attached hydrogens (primary N) is 1. The number of rotatable bonds is 10. The van der Waals surface area contributed by atoms with Crippen molar-refractivity contribution in [1.82, 2.24) is 0 Å². The van der Waals surface area contributed by atoms with Crippen molar-refractivity contribution >= 4 is 28.9 Å². The Labute approximate surface area is 142 Å². The quantitative estimate of drug-likeness (QED) is 0.208. The molecular formula is C16H28N2O4S. The highest BCUT2D eigenvalue weighted by molar-refractivity contribution is 8.13. The fourth-order valence-corrected chi connectivity index (χ4v) is 3.38. The molecule has 0 unspecified atom stereocenters. The van der Waals surface area contributed by atoms with Crippen LogP contribution in [0, 0.1) is 10.8 Å². The summed E-state index contributed by atoms with van der Waals surface area (Å²) in [6.07, 6.45) is 5.61. The predicted octanol–water partition coefficient (Wildman–Crippen LogP) is 2.84. The SMILES string of the molecule is CCCCCCC[C@@]1(C(=O)OCC)C[C@H](CSC(=N)N)OC1=O. The van der Waals surface area contributed by atoms with Crippen LogP contribution in [0.4, 0.5) is 0 Å². The van der Waals surface area contributed by atoms with Crippen molar-refractivity contribution in [2.45, 2.75) is 64.9 Å². The zero-order chi connectivity index (χ0) is 17.3. The third-order valence-corrected chi connectivity index (χ3v) is 4.89. The van der Waals surface area contributed by atoms with E-state index in [1.807, 2.05) is 0 Å². The largest absolute Gasteiger partial charge is 0.465 e. The maximum Gasteiger partial charge on any atom is 0.323 e. The maximum absolute atomic E-state index is 12.4. The van der Waals surface area contributed by atoms with Crippen molar-refractivity contribution in [2.24, 2.45) is 11.1 Å². The maximum atomic E-state index is 12.4. The molecule has 1 fully saturated rings. The molecule has 1 saturated heterocycles. The number of hydrogen-bond acceptors (Lipinski definition) is 6. The molecule has 1 aliphatic rings. The summed E-state index contributed by atoms with van der Waals surface area (Å²) in [4.78, 5) is 24.8. The molecule has 0 spiro atoms. The van der Waals surface area contributed by atoms with Gasteiger partial charge in [0.15, 0.2) is 10.6 Å². The summed E-state index contributed by atoms with van der Waals surface area (Å²) in [5, 5.41) is 7.22. The summed E-state index contributed by atoms with van der Waals surface area (Å²) in [6.45, 7) is 4.12. The van der Waals surface area contributed by atoms with Crippen molar-refractivity contribution in [3.8, 4) is 0 Å². The first-order valence-electron chi connectivity index (χ1n) is 8.31. The Morgan fingerprint density at radius 3 is 2.70 bits per heavy atom. The molecule has 6 nitrogen and oxygen atoms in total. The van der Waals surface area contributed by atoms with Gasteiger partial charge in [0.2, 0.25) is 0 Å². The van der Waals surface area contributed by atoms with E-state index in [2.05, 4.69) is 6.92 Å². The summed E-state index contributed by atoms with van der Waals surface area (Å²) in [5.41, 5.74) is 4.14. The molecule has 1 rings (SSSR count). The number of hydrogen-bond donors (Lipinski definition) is 2. The van der Waals surface area contributed by atoms with Crippen LogP contribution in [0.25, 0.3) is 0 Å². The Morgan fingerprint density at radius 2 is 2.09 bits per heavy atom. The van der Waals surface area contributed by atoms with Crippen LogP contribution < -0.4 is 5.73 Å². The number of unbranched alkanes of at least 4 members (excludes halogenated alkanes) is 4. The highest BCUT2D eigenvalue weighted by atomic mass is 32.2. The normalized spacial score (nSPS) is 23.6. The van der Waals surface area contributed by atoms with Crippen LogP contribution in [0.15, 0.2) is 0 Å². The van der Waals surface area contributed by atoms with Gasteiger partial charge in [0.05, 0.1) is 6.61 Å². The molecule has 3 N–H and O–H groups in total. The number of carbonyl (C=O) groups excluding carboxylic acids is 2. The van der Waals surface area contributed by atoms with Gasteiger partial charge in [-0.15, -0.1) is 0 Å². The second kappa shape index (κ2) is 9.80. The van der Waals surface area contributed by atoms with Gasteiger partial charge in [0.1, 0.15) is 6.10 Å². The molecule has 0 aromatic rings. The van der Waals surface area contributed by atoms with E-state index < -0.39 is 23.5 Å². The molecule has 0 aromatic carbocycles. The number of carbonyl (C=O) groups is 2. The Kier molecular flexibility index (Phi) is 8.44. The van der Waals surface area contributed by atoms with Gasteiger partial charge in [-0.25, -0.2) is 0 Å². The number of ether oxygens (including phenoxy) is 2. The second-order valence-corrected chi connectivity index (χ2v) is 6.94. The lowest BCUT2D eigenvalue weighted by molar-refractivity contribution is -0.165. The van der Waals surface area contributed by atoms with E-state index in [-0.39, 0.29) is 11.8 Å². The summed E-state index contributed by atoms with van der Waals surface area (Å²) in [7, 11) is 0. The van der Waals surface area contributed by atoms with Crippen LogP contribution in [0.3, 0.4) is 0 Å². The minimum atomic E-state index is -1.18. The topological polar surface area (TPSA) is 102 Å². The zero-order valence-corrected chi connectivity index (χ0v) is 14.9. The van der Waals surface area contributed by atoms with Crippen molar-refractivity contribution in [3.63, 3.8) is 0 Å². The van der Waals surface area contributed by atoms with Crippen molar-refractivity contribution < 1.29 is 19.1 Å². The van der Waals surface area contributed by atoms with Crippen LogP contribution >= 0.6 is 11.8 Å². The average Bonchev–Trinajstić information content (AvgIpc) is 2.82. The number of cyclic esters (lactones) is 1. The van der Waals surface area contributed by atoms with E-state index in [0.717, 1.165) is 43.9 Å². The fourth-order valence-electron chi connectivity index (χ4n) is 2.83. The molecule has 1 aliphatic heterocycles. The fraction of sp³-hybridized carbons (Fsp3) is 0.812. The summed E-state index contributed by atoms with van der Waals surface area (Å²) >= 11 is 1.12. The standard InChI is InChI=1S/C16H28N2O4S/c1-3-5-6-7-8-9-16(13(19)21-4-2)10-12(22-14(16)20)11-23-15(17)18/h12H,3-11H2,1-2H3,(H3,17,18)/t12-,16+/m1/s1. The lowest BCUT2D eigenvalue weighted by Crippen LogP contribution is -2.37. The highest BCUT2D eigenvalue weighted by Crippen LogP contribution is 2.41. The summed E-state index contributed by atoms with van der Waals surface area (Å²) in [6, 6.07) is 0. The van der Waals surface area contributed by atoms with Crippen molar-refractivity contribution in [1.29, 1.82) is 5.41 Å². The molecule has 2 atom stereocenters. The van der Waals surface area contributed by atoms with Crippen LogP contribution in [-0.2, 0) is 19.1 Å². The van der Waals surface area contributed by atoms with Gasteiger partial charge in [0, 0.05) is 12.2 Å². The predicted molar refractivity (Wildman–Crippen MR) is 91.3 cm³/mol. The first-order valence-corrected chi connectivity index (χ1v) is 9.30. The van der Waals surface area contributed by atoms with Crippen LogP contribution in [0.2, 0.25) is 0 Å². The van der Waals surface area contributed by atoms with E-state index >= 15 is 0 Å². The second-order valence-electron chi connectivity index (χ2n) is 5.87.